The number of nitrogens with two attached hydrogens (primary N) is 1. The first kappa shape index (κ1) is 16.1. The van der Waals surface area contributed by atoms with Crippen molar-refractivity contribution >= 4 is 0 Å². The molecule has 0 fully saturated rings. The summed E-state index contributed by atoms with van der Waals surface area (Å²) in [5.41, 5.74) is 7.21. The maximum atomic E-state index is 5.91. The van der Waals surface area contributed by atoms with E-state index in [1.807, 2.05) is 6.07 Å². The van der Waals surface area contributed by atoms with Gasteiger partial charge < -0.3 is 15.2 Å². The summed E-state index contributed by atoms with van der Waals surface area (Å²) in [5.74, 6) is 0. The number of hydrogen-bond donors (Lipinski definition) is 1. The summed E-state index contributed by atoms with van der Waals surface area (Å²) in [6.07, 6.45) is 0.586. The third-order valence-corrected chi connectivity index (χ3v) is 3.41. The van der Waals surface area contributed by atoms with Crippen molar-refractivity contribution in [3.8, 4) is 0 Å². The van der Waals surface area contributed by atoms with Gasteiger partial charge in [0.2, 0.25) is 0 Å². The standard InChI is InChI=1S/C15H26N2O2/c1-4-17(12-13-8-6-5-7-9-13)14(11-16)10-15(18-2)19-3/h5-9,14-15H,4,10-12,16H2,1-3H3. The van der Waals surface area contributed by atoms with E-state index in [1.54, 1.807) is 14.2 Å². The molecule has 0 amide bonds. The smallest absolute Gasteiger partial charge is 0.158 e. The maximum Gasteiger partial charge on any atom is 0.158 e. The van der Waals surface area contributed by atoms with Crippen molar-refractivity contribution in [2.45, 2.75) is 32.2 Å². The van der Waals surface area contributed by atoms with Crippen LogP contribution in [0.25, 0.3) is 0 Å². The lowest BCUT2D eigenvalue weighted by Gasteiger charge is -2.31. The van der Waals surface area contributed by atoms with Gasteiger partial charge in [0.15, 0.2) is 6.29 Å². The summed E-state index contributed by atoms with van der Waals surface area (Å²) in [5, 5.41) is 0. The summed E-state index contributed by atoms with van der Waals surface area (Å²) in [4.78, 5) is 2.36. The Balaban J connectivity index is 2.64. The van der Waals surface area contributed by atoms with E-state index < -0.39 is 0 Å². The number of likely N-dealkylation sites (N-methyl/N-ethyl adjacent to an activating group) is 1. The third-order valence-electron chi connectivity index (χ3n) is 3.41. The second kappa shape index (κ2) is 9.04. The second-order valence-corrected chi connectivity index (χ2v) is 4.57. The van der Waals surface area contributed by atoms with Crippen LogP contribution in [0.15, 0.2) is 30.3 Å². The highest BCUT2D eigenvalue weighted by Gasteiger charge is 2.20. The number of methoxy groups -OCH3 is 2. The average Bonchev–Trinajstić information content (AvgIpc) is 2.48. The van der Waals surface area contributed by atoms with Crippen LogP contribution in [-0.2, 0) is 16.0 Å². The molecule has 108 valence electrons. The van der Waals surface area contributed by atoms with E-state index in [0.717, 1.165) is 19.5 Å². The Kier molecular flexibility index (Phi) is 7.67. The van der Waals surface area contributed by atoms with Crippen LogP contribution in [0.3, 0.4) is 0 Å². The molecule has 1 atom stereocenters. The summed E-state index contributed by atoms with van der Waals surface area (Å²) in [6, 6.07) is 10.7. The van der Waals surface area contributed by atoms with Crippen LogP contribution in [-0.4, -0.2) is 44.5 Å². The minimum absolute atomic E-state index is 0.196. The normalized spacial score (nSPS) is 13.2. The largest absolute Gasteiger partial charge is 0.356 e. The first-order valence-electron chi connectivity index (χ1n) is 6.78. The Bertz CT molecular complexity index is 328. The monoisotopic (exact) mass is 266 g/mol. The van der Waals surface area contributed by atoms with Crippen LogP contribution in [0.2, 0.25) is 0 Å². The molecule has 0 radical (unpaired) electrons. The molecule has 0 saturated carbocycles. The molecular formula is C15H26N2O2. The van der Waals surface area contributed by atoms with Crippen LogP contribution in [0, 0.1) is 0 Å². The van der Waals surface area contributed by atoms with Gasteiger partial charge >= 0.3 is 0 Å². The SMILES string of the molecule is CCN(Cc1ccccc1)C(CN)CC(OC)OC. The first-order valence-corrected chi connectivity index (χ1v) is 6.78. The number of benzene rings is 1. The molecule has 1 rings (SSSR count). The molecule has 4 heteroatoms. The quantitative estimate of drug-likeness (QED) is 0.693. The van der Waals surface area contributed by atoms with E-state index in [0.29, 0.717) is 6.54 Å². The molecule has 1 aromatic rings. The molecular weight excluding hydrogens is 240 g/mol. The fraction of sp³-hybridized carbons (Fsp3) is 0.600. The van der Waals surface area contributed by atoms with Crippen LogP contribution in [0.4, 0.5) is 0 Å². The van der Waals surface area contributed by atoms with Gasteiger partial charge in [-0.05, 0) is 12.1 Å². The van der Waals surface area contributed by atoms with E-state index in [4.69, 9.17) is 15.2 Å². The lowest BCUT2D eigenvalue weighted by atomic mass is 10.1. The Morgan fingerprint density at radius 2 is 1.79 bits per heavy atom. The Labute approximate surface area is 116 Å². The zero-order chi connectivity index (χ0) is 14.1. The lowest BCUT2D eigenvalue weighted by Crippen LogP contribution is -2.42. The summed E-state index contributed by atoms with van der Waals surface area (Å²) in [7, 11) is 3.32. The molecule has 0 aliphatic rings. The Morgan fingerprint density at radius 1 is 1.16 bits per heavy atom. The zero-order valence-corrected chi connectivity index (χ0v) is 12.2. The van der Waals surface area contributed by atoms with Crippen LogP contribution in [0.1, 0.15) is 18.9 Å². The molecule has 0 aromatic heterocycles. The predicted molar refractivity (Wildman–Crippen MR) is 77.8 cm³/mol. The number of rotatable bonds is 9. The molecule has 1 unspecified atom stereocenters. The first-order chi connectivity index (χ1) is 9.24. The van der Waals surface area contributed by atoms with Gasteiger partial charge in [0.05, 0.1) is 0 Å². The molecule has 2 N–H and O–H groups in total. The summed E-state index contributed by atoms with van der Waals surface area (Å²) < 4.78 is 10.5. The van der Waals surface area contributed by atoms with Crippen molar-refractivity contribution in [2.24, 2.45) is 5.73 Å². The Hall–Kier alpha value is -0.940. The van der Waals surface area contributed by atoms with Gasteiger partial charge in [0, 0.05) is 39.8 Å². The highest BCUT2D eigenvalue weighted by Crippen LogP contribution is 2.13. The van der Waals surface area contributed by atoms with Gasteiger partial charge in [-0.3, -0.25) is 4.90 Å². The van der Waals surface area contributed by atoms with Gasteiger partial charge in [-0.2, -0.15) is 0 Å². The van der Waals surface area contributed by atoms with Gasteiger partial charge in [0.1, 0.15) is 0 Å². The molecule has 0 aliphatic carbocycles. The van der Waals surface area contributed by atoms with Crippen molar-refractivity contribution in [1.29, 1.82) is 0 Å². The number of hydrogen-bond acceptors (Lipinski definition) is 4. The maximum absolute atomic E-state index is 5.91. The summed E-state index contributed by atoms with van der Waals surface area (Å²) in [6.45, 7) is 4.61. The minimum atomic E-state index is -0.196. The molecule has 1 aromatic carbocycles. The van der Waals surface area contributed by atoms with E-state index >= 15 is 0 Å². The molecule has 0 spiro atoms. The van der Waals surface area contributed by atoms with Crippen molar-refractivity contribution in [3.05, 3.63) is 35.9 Å². The molecule has 0 saturated heterocycles. The molecule has 4 nitrogen and oxygen atoms in total. The predicted octanol–water partition coefficient (Wildman–Crippen LogP) is 1.84. The fourth-order valence-corrected chi connectivity index (χ4v) is 2.22. The van der Waals surface area contributed by atoms with Crippen molar-refractivity contribution in [1.82, 2.24) is 4.90 Å². The van der Waals surface area contributed by atoms with Gasteiger partial charge in [-0.1, -0.05) is 37.3 Å². The molecule has 0 aliphatic heterocycles. The zero-order valence-electron chi connectivity index (χ0n) is 12.2. The number of nitrogens with zero attached hydrogens (tertiary/aromatic N) is 1. The van der Waals surface area contributed by atoms with Crippen molar-refractivity contribution < 1.29 is 9.47 Å². The van der Waals surface area contributed by atoms with Crippen molar-refractivity contribution in [3.63, 3.8) is 0 Å². The highest BCUT2D eigenvalue weighted by molar-refractivity contribution is 5.14. The van der Waals surface area contributed by atoms with E-state index in [1.165, 1.54) is 5.56 Å². The van der Waals surface area contributed by atoms with Crippen LogP contribution >= 0.6 is 0 Å². The van der Waals surface area contributed by atoms with Crippen molar-refractivity contribution in [2.75, 3.05) is 27.3 Å². The van der Waals surface area contributed by atoms with Gasteiger partial charge in [-0.25, -0.2) is 0 Å². The van der Waals surface area contributed by atoms with E-state index in [9.17, 15) is 0 Å². The second-order valence-electron chi connectivity index (χ2n) is 4.57. The van der Waals surface area contributed by atoms with Gasteiger partial charge in [-0.15, -0.1) is 0 Å². The third kappa shape index (κ3) is 5.28. The Morgan fingerprint density at radius 3 is 2.26 bits per heavy atom. The molecule has 19 heavy (non-hydrogen) atoms. The molecule has 0 heterocycles. The summed E-state index contributed by atoms with van der Waals surface area (Å²) >= 11 is 0. The van der Waals surface area contributed by atoms with Gasteiger partial charge in [0.25, 0.3) is 0 Å². The highest BCUT2D eigenvalue weighted by atomic mass is 16.7. The lowest BCUT2D eigenvalue weighted by molar-refractivity contribution is -0.116. The topological polar surface area (TPSA) is 47.7 Å². The van der Waals surface area contributed by atoms with Crippen LogP contribution in [0.5, 0.6) is 0 Å². The minimum Gasteiger partial charge on any atom is -0.356 e. The van der Waals surface area contributed by atoms with Crippen LogP contribution < -0.4 is 5.73 Å². The average molecular weight is 266 g/mol. The van der Waals surface area contributed by atoms with E-state index in [2.05, 4.69) is 36.1 Å². The number of ether oxygens (including phenoxy) is 2. The fourth-order valence-electron chi connectivity index (χ4n) is 2.22. The van der Waals surface area contributed by atoms with E-state index in [-0.39, 0.29) is 12.3 Å². The molecule has 0 bridgehead atoms.